The SMILES string of the molecule is CC(=O)O.CCC(C)C1NC(=O)C(Cc2ccc(O)cc2)NC(=O)C(N)CSSCC(C(=O)N2CCCC2C(=O)NC(CC(C)C)C(=O)NCC(N)=O)NC(=O)C(CC(N)=O)NC(=O)C(CCC(N)=O)NC1=O. The van der Waals surface area contributed by atoms with E-state index < -0.39 is 151 Å². The van der Waals surface area contributed by atoms with Crippen LogP contribution in [-0.4, -0.2) is 159 Å². The molecule has 0 saturated carbocycles. The molecule has 3 rings (SSSR count). The van der Waals surface area contributed by atoms with Crippen molar-refractivity contribution in [1.82, 2.24) is 42.1 Å². The number of hydrogen-bond donors (Lipinski definition) is 13. The van der Waals surface area contributed by atoms with E-state index in [1.165, 1.54) is 29.2 Å². The maximum atomic E-state index is 14.5. The molecular weight excluding hydrogens is 997 g/mol. The first-order valence-electron chi connectivity index (χ1n) is 23.5. The summed E-state index contributed by atoms with van der Waals surface area (Å²) in [6.07, 6.45) is -0.694. The molecule has 1 aromatic carbocycles. The number of aromatic hydroxyl groups is 1. The summed E-state index contributed by atoms with van der Waals surface area (Å²) < 4.78 is 0. The molecule has 406 valence electrons. The van der Waals surface area contributed by atoms with E-state index >= 15 is 0 Å². The fraction of sp³-hybridized carbons (Fsp3) is 0.600. The average molecular weight is 1070 g/mol. The molecule has 0 aliphatic carbocycles. The van der Waals surface area contributed by atoms with Gasteiger partial charge in [-0.05, 0) is 55.2 Å². The minimum atomic E-state index is -1.75. The van der Waals surface area contributed by atoms with Crippen LogP contribution in [0.3, 0.4) is 0 Å². The Bertz CT molecular complexity index is 2150. The number of primary amides is 3. The number of rotatable bonds is 17. The first-order valence-corrected chi connectivity index (χ1v) is 26.0. The van der Waals surface area contributed by atoms with Gasteiger partial charge in [-0.3, -0.25) is 57.5 Å². The van der Waals surface area contributed by atoms with Crippen molar-refractivity contribution in [2.45, 2.75) is 134 Å². The number of amides is 11. The highest BCUT2D eigenvalue weighted by atomic mass is 33.1. The van der Waals surface area contributed by atoms with Crippen molar-refractivity contribution in [2.24, 2.45) is 34.8 Å². The Kier molecular flexibility index (Phi) is 26.5. The molecule has 0 aromatic heterocycles. The molecule has 0 bridgehead atoms. The third kappa shape index (κ3) is 22.3. The molecule has 2 aliphatic rings. The molecule has 2 fully saturated rings. The van der Waals surface area contributed by atoms with Gasteiger partial charge in [0.15, 0.2) is 0 Å². The lowest BCUT2D eigenvalue weighted by atomic mass is 9.96. The van der Waals surface area contributed by atoms with Crippen molar-refractivity contribution in [3.8, 4) is 5.75 Å². The minimum Gasteiger partial charge on any atom is -0.508 e. The molecule has 28 heteroatoms. The van der Waals surface area contributed by atoms with Crippen LogP contribution in [0.1, 0.15) is 85.1 Å². The summed E-state index contributed by atoms with van der Waals surface area (Å²) in [6, 6.07) is -5.05. The Hall–Kier alpha value is -6.68. The Labute approximate surface area is 430 Å². The number of carboxylic acid groups (broad SMARTS) is 1. The highest BCUT2D eigenvalue weighted by Gasteiger charge is 2.41. The van der Waals surface area contributed by atoms with Gasteiger partial charge in [0.1, 0.15) is 48.0 Å². The van der Waals surface area contributed by atoms with Crippen molar-refractivity contribution < 1.29 is 67.7 Å². The van der Waals surface area contributed by atoms with Gasteiger partial charge in [-0.25, -0.2) is 0 Å². The van der Waals surface area contributed by atoms with E-state index in [2.05, 4.69) is 37.2 Å². The maximum Gasteiger partial charge on any atom is 0.300 e. The predicted octanol–water partition coefficient (Wildman–Crippen LogP) is -3.52. The number of carbonyl (C=O) groups excluding carboxylic acids is 11. The number of nitrogens with two attached hydrogens (primary N) is 4. The summed E-state index contributed by atoms with van der Waals surface area (Å²) in [5.41, 5.74) is 22.9. The molecule has 2 heterocycles. The molecule has 26 nitrogen and oxygen atoms in total. The number of carboxylic acids is 1. The number of phenols is 1. The van der Waals surface area contributed by atoms with Crippen LogP contribution in [-0.2, 0) is 64.0 Å². The van der Waals surface area contributed by atoms with Crippen molar-refractivity contribution in [1.29, 1.82) is 0 Å². The largest absolute Gasteiger partial charge is 0.508 e. The fourth-order valence-corrected chi connectivity index (χ4v) is 9.62. The summed E-state index contributed by atoms with van der Waals surface area (Å²) in [7, 11) is 2.05. The number of phenolic OH excluding ortho intramolecular Hbond substituents is 1. The lowest BCUT2D eigenvalue weighted by Gasteiger charge is -2.31. The van der Waals surface area contributed by atoms with Crippen LogP contribution >= 0.6 is 21.6 Å². The Morgan fingerprint density at radius 2 is 1.36 bits per heavy atom. The molecule has 2 aliphatic heterocycles. The quantitative estimate of drug-likeness (QED) is 0.0673. The average Bonchev–Trinajstić information content (AvgIpc) is 3.81. The number of benzene rings is 1. The summed E-state index contributed by atoms with van der Waals surface area (Å²) in [5, 5.41) is 35.1. The van der Waals surface area contributed by atoms with Crippen LogP contribution in [0, 0.1) is 11.8 Å². The van der Waals surface area contributed by atoms with E-state index in [1.54, 1.807) is 13.8 Å². The topological polar surface area (TPSA) is 437 Å². The summed E-state index contributed by atoms with van der Waals surface area (Å²) in [4.78, 5) is 157. The van der Waals surface area contributed by atoms with Crippen molar-refractivity contribution in [2.75, 3.05) is 24.6 Å². The number of aliphatic carboxylic acids is 1. The third-order valence-electron chi connectivity index (χ3n) is 11.3. The molecule has 73 heavy (non-hydrogen) atoms. The van der Waals surface area contributed by atoms with Crippen LogP contribution < -0.4 is 60.2 Å². The van der Waals surface area contributed by atoms with Crippen LogP contribution in [0.2, 0.25) is 0 Å². The molecule has 0 radical (unpaired) electrons. The zero-order valence-electron chi connectivity index (χ0n) is 41.4. The monoisotopic (exact) mass is 1070 g/mol. The molecular formula is C45H70N12O14S2. The number of nitrogens with one attached hydrogen (secondary N) is 7. The second-order valence-electron chi connectivity index (χ2n) is 17.9. The molecule has 17 N–H and O–H groups in total. The summed E-state index contributed by atoms with van der Waals surface area (Å²) >= 11 is 0. The highest BCUT2D eigenvalue weighted by molar-refractivity contribution is 8.76. The van der Waals surface area contributed by atoms with Gasteiger partial charge in [0.25, 0.3) is 5.97 Å². The minimum absolute atomic E-state index is 0.0468. The van der Waals surface area contributed by atoms with Gasteiger partial charge in [0, 0.05) is 37.8 Å². The van der Waals surface area contributed by atoms with Crippen molar-refractivity contribution >= 4 is 92.5 Å². The second kappa shape index (κ2) is 31.0. The Balaban J connectivity index is 0.00000439. The van der Waals surface area contributed by atoms with Gasteiger partial charge in [0.2, 0.25) is 65.0 Å². The zero-order chi connectivity index (χ0) is 55.1. The van der Waals surface area contributed by atoms with Gasteiger partial charge >= 0.3 is 0 Å². The van der Waals surface area contributed by atoms with E-state index in [0.29, 0.717) is 18.4 Å². The van der Waals surface area contributed by atoms with Gasteiger partial charge in [0.05, 0.1) is 19.0 Å². The van der Waals surface area contributed by atoms with E-state index in [0.717, 1.165) is 28.5 Å². The van der Waals surface area contributed by atoms with Crippen molar-refractivity contribution in [3.63, 3.8) is 0 Å². The second-order valence-corrected chi connectivity index (χ2v) is 20.5. The first-order chi connectivity index (χ1) is 34.2. The normalized spacial score (nSPS) is 23.3. The lowest BCUT2D eigenvalue weighted by Crippen LogP contribution is -2.61. The number of hydrogen-bond acceptors (Lipinski definition) is 16. The van der Waals surface area contributed by atoms with E-state index in [1.807, 2.05) is 13.8 Å². The van der Waals surface area contributed by atoms with E-state index in [-0.39, 0.29) is 49.0 Å². The smallest absolute Gasteiger partial charge is 0.300 e. The molecule has 11 amide bonds. The molecule has 9 unspecified atom stereocenters. The highest BCUT2D eigenvalue weighted by Crippen LogP contribution is 2.26. The van der Waals surface area contributed by atoms with Crippen LogP contribution in [0.15, 0.2) is 24.3 Å². The van der Waals surface area contributed by atoms with Crippen molar-refractivity contribution in [3.05, 3.63) is 29.8 Å². The lowest BCUT2D eigenvalue weighted by molar-refractivity contribution is -0.142. The molecule has 9 atom stereocenters. The Morgan fingerprint density at radius 3 is 1.93 bits per heavy atom. The molecule has 1 aromatic rings. The number of likely N-dealkylation sites (tertiary alicyclic amines) is 1. The molecule has 0 spiro atoms. The summed E-state index contributed by atoms with van der Waals surface area (Å²) in [6.45, 7) is 7.69. The van der Waals surface area contributed by atoms with Crippen LogP contribution in [0.4, 0.5) is 0 Å². The van der Waals surface area contributed by atoms with E-state index in [9.17, 15) is 57.8 Å². The predicted molar refractivity (Wildman–Crippen MR) is 268 cm³/mol. The fourth-order valence-electron chi connectivity index (χ4n) is 7.34. The molecule has 2 saturated heterocycles. The van der Waals surface area contributed by atoms with Crippen LogP contribution in [0.5, 0.6) is 5.75 Å². The maximum absolute atomic E-state index is 14.5. The number of carbonyl (C=O) groups is 12. The van der Waals surface area contributed by atoms with Gasteiger partial charge in [-0.1, -0.05) is 67.8 Å². The first kappa shape index (κ1) is 62.4. The van der Waals surface area contributed by atoms with E-state index in [4.69, 9.17) is 32.8 Å². The van der Waals surface area contributed by atoms with Gasteiger partial charge < -0.3 is 75.3 Å². The Morgan fingerprint density at radius 1 is 0.781 bits per heavy atom. The summed E-state index contributed by atoms with van der Waals surface area (Å²) in [5.74, 6) is -11.2. The zero-order valence-corrected chi connectivity index (χ0v) is 43.1. The van der Waals surface area contributed by atoms with Crippen LogP contribution in [0.25, 0.3) is 0 Å². The third-order valence-corrected chi connectivity index (χ3v) is 13.7. The number of nitrogens with zero attached hydrogens (tertiary/aromatic N) is 1. The van der Waals surface area contributed by atoms with Gasteiger partial charge in [-0.2, -0.15) is 0 Å². The van der Waals surface area contributed by atoms with Gasteiger partial charge in [-0.15, -0.1) is 0 Å². The standard InChI is InChI=1S/C43H66N12O12S2.C2H4O2/c1-5-22(4)35-42(66)49-26(12-13-32(45)57)38(62)51-29(17-33(46)58)39(63)53-30(20-69-68-19-25(44)36(60)50-28(40(64)54-35)16-23-8-10-24(56)11-9-23)43(67)55-14-6-7-31(55)41(65)52-27(15-21(2)3)37(61)48-18-34(47)59;1-2(3)4/h8-11,21-22,25-31,35,56H,5-7,12-20,44H2,1-4H3,(H2,45,57)(H2,46,58)(H2,47,59)(H,48,61)(H,49,66)(H,50,60)(H,51,62)(H,52,65)(H,53,63)(H,54,64);1H3,(H,3,4).